The van der Waals surface area contributed by atoms with Crippen molar-refractivity contribution >= 4 is 31.9 Å². The van der Waals surface area contributed by atoms with Crippen LogP contribution < -0.4 is 5.32 Å². The monoisotopic (exact) mass is 395 g/mol. The van der Waals surface area contributed by atoms with Crippen molar-refractivity contribution in [2.75, 3.05) is 6.54 Å². The highest BCUT2D eigenvalue weighted by atomic mass is 79.9. The number of halogens is 2. The smallest absolute Gasteiger partial charge is 0.0588 e. The van der Waals surface area contributed by atoms with Gasteiger partial charge in [-0.25, -0.2) is 0 Å². The lowest BCUT2D eigenvalue weighted by Crippen LogP contribution is -2.23. The summed E-state index contributed by atoms with van der Waals surface area (Å²) < 4.78 is 2.30. The van der Waals surface area contributed by atoms with Gasteiger partial charge in [-0.1, -0.05) is 69.1 Å². The fraction of sp³-hybridized carbons (Fsp3) is 0.294. The predicted octanol–water partition coefficient (Wildman–Crippen LogP) is 5.61. The molecule has 1 atom stereocenters. The average molecular weight is 397 g/mol. The maximum atomic E-state index is 3.71. The molecule has 1 N–H and O–H groups in total. The zero-order chi connectivity index (χ0) is 14.5. The molecule has 0 heterocycles. The van der Waals surface area contributed by atoms with Crippen molar-refractivity contribution < 1.29 is 0 Å². The molecule has 0 saturated heterocycles. The van der Waals surface area contributed by atoms with Gasteiger partial charge in [0.1, 0.15) is 0 Å². The Hall–Kier alpha value is -0.640. The second kappa shape index (κ2) is 7.39. The summed E-state index contributed by atoms with van der Waals surface area (Å²) >= 11 is 7.35. The van der Waals surface area contributed by atoms with Crippen molar-refractivity contribution in [1.82, 2.24) is 5.32 Å². The molecule has 0 aromatic heterocycles. The van der Waals surface area contributed by atoms with E-state index >= 15 is 0 Å². The molecule has 0 amide bonds. The molecule has 106 valence electrons. The normalized spacial score (nSPS) is 12.4. The molecule has 0 aliphatic rings. The predicted molar refractivity (Wildman–Crippen MR) is 93.2 cm³/mol. The van der Waals surface area contributed by atoms with E-state index in [-0.39, 0.29) is 6.04 Å². The molecule has 1 nitrogen and oxygen atoms in total. The summed E-state index contributed by atoms with van der Waals surface area (Å²) in [5.41, 5.74) is 3.79. The fourth-order valence-corrected chi connectivity index (χ4v) is 3.27. The number of rotatable bonds is 5. The van der Waals surface area contributed by atoms with E-state index in [0.717, 1.165) is 21.9 Å². The molecule has 2 aromatic carbocycles. The molecule has 0 saturated carbocycles. The molecular weight excluding hydrogens is 378 g/mol. The minimum Gasteiger partial charge on any atom is -0.306 e. The van der Waals surface area contributed by atoms with Crippen molar-refractivity contribution in [2.45, 2.75) is 26.3 Å². The van der Waals surface area contributed by atoms with Crippen molar-refractivity contribution in [3.8, 4) is 0 Å². The average Bonchev–Trinajstić information content (AvgIpc) is 2.45. The second-order valence-corrected chi connectivity index (χ2v) is 6.63. The van der Waals surface area contributed by atoms with Crippen LogP contribution in [0.25, 0.3) is 0 Å². The molecule has 0 aliphatic carbocycles. The summed E-state index contributed by atoms with van der Waals surface area (Å²) in [6.45, 7) is 5.29. The lowest BCUT2D eigenvalue weighted by atomic mass is 9.97. The SMILES string of the molecule is CCCNC(c1ccccc1)c1cc(Br)c(C)cc1Br. The van der Waals surface area contributed by atoms with Crippen LogP contribution in [0.4, 0.5) is 0 Å². The molecule has 0 aliphatic heterocycles. The largest absolute Gasteiger partial charge is 0.306 e. The first-order chi connectivity index (χ1) is 9.63. The summed E-state index contributed by atoms with van der Waals surface area (Å²) in [4.78, 5) is 0. The van der Waals surface area contributed by atoms with E-state index in [1.807, 2.05) is 0 Å². The van der Waals surface area contributed by atoms with Crippen LogP contribution in [0.15, 0.2) is 51.4 Å². The Morgan fingerprint density at radius 1 is 1.05 bits per heavy atom. The van der Waals surface area contributed by atoms with Gasteiger partial charge in [-0.15, -0.1) is 0 Å². The van der Waals surface area contributed by atoms with Crippen LogP contribution in [-0.4, -0.2) is 6.54 Å². The van der Waals surface area contributed by atoms with Crippen LogP contribution in [0.3, 0.4) is 0 Å². The highest BCUT2D eigenvalue weighted by molar-refractivity contribution is 9.11. The van der Waals surface area contributed by atoms with Gasteiger partial charge in [0, 0.05) is 8.95 Å². The van der Waals surface area contributed by atoms with Gasteiger partial charge in [0.15, 0.2) is 0 Å². The van der Waals surface area contributed by atoms with Crippen molar-refractivity contribution in [3.05, 3.63) is 68.1 Å². The van der Waals surface area contributed by atoms with E-state index in [1.165, 1.54) is 16.7 Å². The molecule has 2 aromatic rings. The first-order valence-corrected chi connectivity index (χ1v) is 8.46. The Balaban J connectivity index is 2.44. The molecule has 0 radical (unpaired) electrons. The zero-order valence-electron chi connectivity index (χ0n) is 11.8. The van der Waals surface area contributed by atoms with Gasteiger partial charge < -0.3 is 5.32 Å². The van der Waals surface area contributed by atoms with Gasteiger partial charge >= 0.3 is 0 Å². The van der Waals surface area contributed by atoms with Crippen LogP contribution in [0.2, 0.25) is 0 Å². The number of hydrogen-bond donors (Lipinski definition) is 1. The first kappa shape index (κ1) is 15.7. The third kappa shape index (κ3) is 3.72. The Kier molecular flexibility index (Phi) is 5.82. The topological polar surface area (TPSA) is 12.0 Å². The summed E-state index contributed by atoms with van der Waals surface area (Å²) in [7, 11) is 0. The molecular formula is C17H19Br2N. The van der Waals surface area contributed by atoms with Gasteiger partial charge in [0.25, 0.3) is 0 Å². The lowest BCUT2D eigenvalue weighted by Gasteiger charge is -2.22. The van der Waals surface area contributed by atoms with Gasteiger partial charge in [-0.05, 0) is 48.7 Å². The van der Waals surface area contributed by atoms with E-state index < -0.39 is 0 Å². The highest BCUT2D eigenvalue weighted by Gasteiger charge is 2.17. The van der Waals surface area contributed by atoms with Gasteiger partial charge in [-0.2, -0.15) is 0 Å². The third-order valence-corrected chi connectivity index (χ3v) is 4.86. The van der Waals surface area contributed by atoms with Gasteiger partial charge in [-0.3, -0.25) is 0 Å². The summed E-state index contributed by atoms with van der Waals surface area (Å²) in [6.07, 6.45) is 1.12. The standard InChI is InChI=1S/C17H19Br2N/c1-3-9-20-17(13-7-5-4-6-8-13)14-11-15(18)12(2)10-16(14)19/h4-8,10-11,17,20H,3,9H2,1-2H3. The van der Waals surface area contributed by atoms with Crippen LogP contribution >= 0.6 is 31.9 Å². The summed E-state index contributed by atoms with van der Waals surface area (Å²) in [5.74, 6) is 0. The number of hydrogen-bond acceptors (Lipinski definition) is 1. The minimum absolute atomic E-state index is 0.211. The third-order valence-electron chi connectivity index (χ3n) is 3.32. The van der Waals surface area contributed by atoms with Gasteiger partial charge in [0.05, 0.1) is 6.04 Å². The summed E-state index contributed by atoms with van der Waals surface area (Å²) in [5, 5.41) is 3.64. The summed E-state index contributed by atoms with van der Waals surface area (Å²) in [6, 6.07) is 15.2. The molecule has 2 rings (SSSR count). The van der Waals surface area contributed by atoms with Crippen LogP contribution in [-0.2, 0) is 0 Å². The second-order valence-electron chi connectivity index (χ2n) is 4.92. The highest BCUT2D eigenvalue weighted by Crippen LogP contribution is 2.33. The Morgan fingerprint density at radius 2 is 1.75 bits per heavy atom. The van der Waals surface area contributed by atoms with E-state index in [0.29, 0.717) is 0 Å². The Morgan fingerprint density at radius 3 is 2.40 bits per heavy atom. The number of benzene rings is 2. The molecule has 0 bridgehead atoms. The van der Waals surface area contributed by atoms with Crippen molar-refractivity contribution in [2.24, 2.45) is 0 Å². The van der Waals surface area contributed by atoms with E-state index in [4.69, 9.17) is 0 Å². The number of aryl methyl sites for hydroxylation is 1. The number of nitrogens with one attached hydrogen (secondary N) is 1. The Labute approximate surface area is 138 Å². The fourth-order valence-electron chi connectivity index (χ4n) is 2.22. The molecule has 1 unspecified atom stereocenters. The van der Waals surface area contributed by atoms with E-state index in [1.54, 1.807) is 0 Å². The molecule has 0 fully saturated rings. The minimum atomic E-state index is 0.211. The van der Waals surface area contributed by atoms with Gasteiger partial charge in [0.2, 0.25) is 0 Å². The van der Waals surface area contributed by atoms with Crippen molar-refractivity contribution in [3.63, 3.8) is 0 Å². The van der Waals surface area contributed by atoms with Crippen LogP contribution in [0, 0.1) is 6.92 Å². The molecule has 3 heteroatoms. The van der Waals surface area contributed by atoms with Crippen molar-refractivity contribution in [1.29, 1.82) is 0 Å². The van der Waals surface area contributed by atoms with E-state index in [2.05, 4.69) is 93.5 Å². The Bertz CT molecular complexity index is 567. The molecule has 0 spiro atoms. The van der Waals surface area contributed by atoms with Crippen LogP contribution in [0.1, 0.15) is 36.1 Å². The lowest BCUT2D eigenvalue weighted by molar-refractivity contribution is 0.596. The maximum Gasteiger partial charge on any atom is 0.0588 e. The first-order valence-electron chi connectivity index (χ1n) is 6.87. The van der Waals surface area contributed by atoms with E-state index in [9.17, 15) is 0 Å². The molecule has 20 heavy (non-hydrogen) atoms. The maximum absolute atomic E-state index is 3.71. The zero-order valence-corrected chi connectivity index (χ0v) is 15.0. The quantitative estimate of drug-likeness (QED) is 0.692. The van der Waals surface area contributed by atoms with Crippen LogP contribution in [0.5, 0.6) is 0 Å².